The molecule has 2 N–H and O–H groups in total. The lowest BCUT2D eigenvalue weighted by Gasteiger charge is -2.50. The molecule has 10 nitrogen and oxygen atoms in total. The zero-order valence-electron chi connectivity index (χ0n) is 24.4. The number of hydrogen-bond acceptors (Lipinski definition) is 8. The standard InChI is InChI=1S/C28H44N8O2/c1-25(2)15-19(16-26(3,4)35(25)37)29-22-31-23(30-20-17-27(5,6)36(38)28(7,8)18-20)33-24(32-22)34(9)21-13-11-10-12-14-21/h10-14,19-20H,15-18H2,1-9H3,(H2,29,30,31,32,33). The van der Waals surface area contributed by atoms with Crippen LogP contribution in [0.5, 0.6) is 0 Å². The normalized spacial score (nSPS) is 23.7. The van der Waals surface area contributed by atoms with E-state index < -0.39 is 22.2 Å². The van der Waals surface area contributed by atoms with Gasteiger partial charge in [-0.1, -0.05) is 18.2 Å². The van der Waals surface area contributed by atoms with Gasteiger partial charge in [0.05, 0.1) is 0 Å². The molecule has 2 aromatic rings. The van der Waals surface area contributed by atoms with Gasteiger partial charge in [-0.05, 0) is 93.2 Å². The Morgan fingerprint density at radius 3 is 1.42 bits per heavy atom. The molecule has 208 valence electrons. The van der Waals surface area contributed by atoms with Crippen LogP contribution in [0.25, 0.3) is 0 Å². The molecule has 0 amide bonds. The number of rotatable bonds is 6. The molecule has 0 aliphatic carbocycles. The highest BCUT2D eigenvalue weighted by atomic mass is 16.5. The van der Waals surface area contributed by atoms with Crippen molar-refractivity contribution in [3.8, 4) is 0 Å². The zero-order valence-corrected chi connectivity index (χ0v) is 24.4. The topological polar surface area (TPSA) is 112 Å². The minimum Gasteiger partial charge on any atom is -0.351 e. The average Bonchev–Trinajstić information content (AvgIpc) is 2.80. The highest BCUT2D eigenvalue weighted by Gasteiger charge is 2.47. The number of nitrogens with zero attached hydrogens (tertiary/aromatic N) is 6. The highest BCUT2D eigenvalue weighted by molar-refractivity contribution is 5.58. The van der Waals surface area contributed by atoms with Gasteiger partial charge in [0.25, 0.3) is 0 Å². The second kappa shape index (κ2) is 9.89. The number of benzene rings is 1. The van der Waals surface area contributed by atoms with Gasteiger partial charge in [0, 0.05) is 47.0 Å². The van der Waals surface area contributed by atoms with Gasteiger partial charge in [0.1, 0.15) is 0 Å². The fourth-order valence-electron chi connectivity index (χ4n) is 6.51. The Kier molecular flexibility index (Phi) is 7.42. The number of piperidine rings is 2. The minimum absolute atomic E-state index is 0.0249. The van der Waals surface area contributed by atoms with E-state index >= 15 is 0 Å². The Morgan fingerprint density at radius 1 is 0.684 bits per heavy atom. The molecule has 10 heteroatoms. The van der Waals surface area contributed by atoms with Gasteiger partial charge in [-0.15, -0.1) is 20.5 Å². The predicted molar refractivity (Wildman–Crippen MR) is 149 cm³/mol. The second-order valence-corrected chi connectivity index (χ2v) is 13.5. The van der Waals surface area contributed by atoms with E-state index in [1.165, 1.54) is 10.1 Å². The van der Waals surface area contributed by atoms with E-state index in [1.54, 1.807) is 0 Å². The molecule has 2 fully saturated rings. The minimum atomic E-state index is -0.513. The molecule has 0 saturated carbocycles. The van der Waals surface area contributed by atoms with Crippen molar-refractivity contribution >= 4 is 23.5 Å². The van der Waals surface area contributed by atoms with Crippen molar-refractivity contribution in [1.82, 2.24) is 25.1 Å². The van der Waals surface area contributed by atoms with E-state index in [1.807, 2.05) is 97.7 Å². The van der Waals surface area contributed by atoms with Crippen molar-refractivity contribution in [3.05, 3.63) is 30.3 Å². The van der Waals surface area contributed by atoms with Crippen molar-refractivity contribution in [3.63, 3.8) is 0 Å². The summed E-state index contributed by atoms with van der Waals surface area (Å²) in [6.45, 7) is 15.9. The van der Waals surface area contributed by atoms with Gasteiger partial charge in [-0.25, -0.2) is 0 Å². The van der Waals surface area contributed by atoms with E-state index in [4.69, 9.17) is 15.0 Å². The van der Waals surface area contributed by atoms with Gasteiger partial charge >= 0.3 is 0 Å². The predicted octanol–water partition coefficient (Wildman–Crippen LogP) is 5.20. The first-order valence-corrected chi connectivity index (χ1v) is 13.5. The number of para-hydroxylation sites is 1. The van der Waals surface area contributed by atoms with E-state index in [0.717, 1.165) is 5.69 Å². The number of hydroxylamine groups is 4. The Labute approximate surface area is 227 Å². The molecule has 0 unspecified atom stereocenters. The number of nitrogens with one attached hydrogen (secondary N) is 2. The van der Waals surface area contributed by atoms with Crippen molar-refractivity contribution in [1.29, 1.82) is 0 Å². The van der Waals surface area contributed by atoms with Crippen LogP contribution in [0.4, 0.5) is 23.5 Å². The van der Waals surface area contributed by atoms with Crippen molar-refractivity contribution < 1.29 is 10.4 Å². The molecule has 1 aromatic heterocycles. The van der Waals surface area contributed by atoms with Crippen molar-refractivity contribution in [2.24, 2.45) is 0 Å². The van der Waals surface area contributed by atoms with Gasteiger partial charge in [-0.2, -0.15) is 15.0 Å². The van der Waals surface area contributed by atoms with Gasteiger partial charge in [0.15, 0.2) is 0 Å². The molecule has 2 saturated heterocycles. The lowest BCUT2D eigenvalue weighted by molar-refractivity contribution is -0.288. The van der Waals surface area contributed by atoms with Crippen LogP contribution < -0.4 is 15.5 Å². The van der Waals surface area contributed by atoms with Crippen LogP contribution in [-0.2, 0) is 10.4 Å². The van der Waals surface area contributed by atoms with E-state index in [0.29, 0.717) is 43.5 Å². The summed E-state index contributed by atoms with van der Waals surface area (Å²) < 4.78 is 0. The van der Waals surface area contributed by atoms with E-state index in [9.17, 15) is 10.4 Å². The van der Waals surface area contributed by atoms with Crippen LogP contribution in [0.3, 0.4) is 0 Å². The Morgan fingerprint density at radius 2 is 1.05 bits per heavy atom. The molecule has 2 radical (unpaired) electrons. The molecule has 2 aliphatic heterocycles. The van der Waals surface area contributed by atoms with Crippen LogP contribution in [0, 0.1) is 0 Å². The van der Waals surface area contributed by atoms with E-state index in [-0.39, 0.29) is 12.1 Å². The Hall–Kier alpha value is -2.53. The molecule has 2 aliphatic rings. The highest BCUT2D eigenvalue weighted by Crippen LogP contribution is 2.39. The summed E-state index contributed by atoms with van der Waals surface area (Å²) in [6, 6.07) is 10.00. The van der Waals surface area contributed by atoms with Crippen LogP contribution in [-0.4, -0.2) is 66.4 Å². The maximum absolute atomic E-state index is 12.9. The molecule has 0 bridgehead atoms. The summed E-state index contributed by atoms with van der Waals surface area (Å²) in [4.78, 5) is 16.3. The smallest absolute Gasteiger partial charge is 0.236 e. The number of anilines is 4. The first-order valence-electron chi connectivity index (χ1n) is 13.5. The molecule has 0 spiro atoms. The maximum Gasteiger partial charge on any atom is 0.236 e. The van der Waals surface area contributed by atoms with Crippen LogP contribution >= 0.6 is 0 Å². The number of aromatic nitrogens is 3. The number of hydrogen-bond donors (Lipinski definition) is 2. The monoisotopic (exact) mass is 524 g/mol. The molecule has 0 atom stereocenters. The van der Waals surface area contributed by atoms with Crippen LogP contribution in [0.1, 0.15) is 81.1 Å². The summed E-state index contributed by atoms with van der Waals surface area (Å²) in [5.41, 5.74) is -1.10. The average molecular weight is 525 g/mol. The van der Waals surface area contributed by atoms with Crippen molar-refractivity contribution in [2.45, 2.75) is 115 Å². The summed E-state index contributed by atoms with van der Waals surface area (Å²) in [5.74, 6) is 1.45. The van der Waals surface area contributed by atoms with Crippen LogP contribution in [0.2, 0.25) is 0 Å². The maximum atomic E-state index is 12.9. The van der Waals surface area contributed by atoms with Gasteiger partial charge < -0.3 is 15.5 Å². The van der Waals surface area contributed by atoms with Gasteiger partial charge in [0.2, 0.25) is 17.8 Å². The molecule has 1 aromatic carbocycles. The summed E-state index contributed by atoms with van der Waals surface area (Å²) in [5, 5.41) is 35.2. The largest absolute Gasteiger partial charge is 0.351 e. The first-order chi connectivity index (χ1) is 17.5. The molecular weight excluding hydrogens is 480 g/mol. The molecule has 4 rings (SSSR count). The van der Waals surface area contributed by atoms with Crippen LogP contribution in [0.15, 0.2) is 30.3 Å². The lowest BCUT2D eigenvalue weighted by atomic mass is 9.79. The molecular formula is C28H44N8O2. The fraction of sp³-hybridized carbons (Fsp3) is 0.679. The summed E-state index contributed by atoms with van der Waals surface area (Å²) >= 11 is 0. The molecule has 3 heterocycles. The Bertz CT molecular complexity index is 1020. The zero-order chi connectivity index (χ0) is 28.1. The summed E-state index contributed by atoms with van der Waals surface area (Å²) in [6.07, 6.45) is 2.68. The third-order valence-corrected chi connectivity index (χ3v) is 7.92. The third-order valence-electron chi connectivity index (χ3n) is 7.92. The molecule has 38 heavy (non-hydrogen) atoms. The lowest BCUT2D eigenvalue weighted by Crippen LogP contribution is -2.60. The van der Waals surface area contributed by atoms with E-state index in [2.05, 4.69) is 10.6 Å². The van der Waals surface area contributed by atoms with Crippen molar-refractivity contribution in [2.75, 3.05) is 22.6 Å². The second-order valence-electron chi connectivity index (χ2n) is 13.5. The summed E-state index contributed by atoms with van der Waals surface area (Å²) in [7, 11) is 1.93. The first kappa shape index (κ1) is 28.5. The quantitative estimate of drug-likeness (QED) is 0.530. The SMILES string of the molecule is CN(c1ccccc1)c1nc(NC2CC(C)(C)N([O])C(C)(C)C2)nc(NC2CC(C)(C)N([O])C(C)(C)C2)n1. The van der Waals surface area contributed by atoms with Gasteiger partial charge in [-0.3, -0.25) is 0 Å². The fourth-order valence-corrected chi connectivity index (χ4v) is 6.51. The third kappa shape index (κ3) is 5.88. The Balaban J connectivity index is 1.65.